The van der Waals surface area contributed by atoms with Crippen molar-refractivity contribution in [3.8, 4) is 0 Å². The van der Waals surface area contributed by atoms with Gasteiger partial charge in [0.1, 0.15) is 5.70 Å². The maximum absolute atomic E-state index is 11.9. The second-order valence-corrected chi connectivity index (χ2v) is 3.93. The molecule has 0 aliphatic carbocycles. The Morgan fingerprint density at radius 2 is 1.56 bits per heavy atom. The standard InChI is InChI=1S/C11H11N3O4/c1-12-8-7(10(17)14(3)11(8)18)5-4-6(15)13(2)9(5)16/h4,12H,1-3H3. The molecule has 0 aromatic carbocycles. The summed E-state index contributed by atoms with van der Waals surface area (Å²) in [5, 5.41) is 2.60. The molecule has 7 nitrogen and oxygen atoms in total. The molecule has 2 aliphatic rings. The van der Waals surface area contributed by atoms with Crippen LogP contribution in [-0.2, 0) is 19.2 Å². The van der Waals surface area contributed by atoms with E-state index in [0.29, 0.717) is 0 Å². The van der Waals surface area contributed by atoms with Crippen LogP contribution in [0.2, 0.25) is 0 Å². The maximum atomic E-state index is 11.9. The molecule has 4 amide bonds. The van der Waals surface area contributed by atoms with Crippen molar-refractivity contribution in [3.05, 3.63) is 22.9 Å². The van der Waals surface area contributed by atoms with Gasteiger partial charge in [-0.15, -0.1) is 0 Å². The van der Waals surface area contributed by atoms with E-state index in [1.165, 1.54) is 21.1 Å². The molecule has 94 valence electrons. The molecule has 1 N–H and O–H groups in total. The van der Waals surface area contributed by atoms with Gasteiger partial charge in [0.05, 0.1) is 11.1 Å². The van der Waals surface area contributed by atoms with Gasteiger partial charge >= 0.3 is 0 Å². The predicted octanol–water partition coefficient (Wildman–Crippen LogP) is -1.62. The van der Waals surface area contributed by atoms with Crippen molar-refractivity contribution >= 4 is 23.6 Å². The molecule has 2 heterocycles. The fourth-order valence-electron chi connectivity index (χ4n) is 1.87. The van der Waals surface area contributed by atoms with Crippen molar-refractivity contribution in [1.82, 2.24) is 15.1 Å². The highest BCUT2D eigenvalue weighted by Crippen LogP contribution is 2.28. The molecular formula is C11H11N3O4. The summed E-state index contributed by atoms with van der Waals surface area (Å²) in [7, 11) is 4.12. The van der Waals surface area contributed by atoms with Gasteiger partial charge in [0, 0.05) is 27.2 Å². The minimum atomic E-state index is -0.591. The van der Waals surface area contributed by atoms with Crippen molar-refractivity contribution in [2.75, 3.05) is 21.1 Å². The molecule has 2 aliphatic heterocycles. The Bertz CT molecular complexity index is 559. The summed E-state index contributed by atoms with van der Waals surface area (Å²) in [6, 6.07) is 0. The van der Waals surface area contributed by atoms with Crippen LogP contribution in [0.25, 0.3) is 0 Å². The van der Waals surface area contributed by atoms with Crippen LogP contribution in [0.1, 0.15) is 0 Å². The van der Waals surface area contributed by atoms with E-state index < -0.39 is 23.6 Å². The van der Waals surface area contributed by atoms with E-state index in [1.807, 2.05) is 0 Å². The normalized spacial score (nSPS) is 20.3. The summed E-state index contributed by atoms with van der Waals surface area (Å²) < 4.78 is 0. The first kappa shape index (κ1) is 12.0. The molecule has 7 heteroatoms. The van der Waals surface area contributed by atoms with Crippen LogP contribution in [0.5, 0.6) is 0 Å². The van der Waals surface area contributed by atoms with Gasteiger partial charge in [-0.2, -0.15) is 0 Å². The van der Waals surface area contributed by atoms with E-state index in [-0.39, 0.29) is 16.8 Å². The molecule has 0 aromatic heterocycles. The van der Waals surface area contributed by atoms with E-state index in [2.05, 4.69) is 5.32 Å². The zero-order valence-corrected chi connectivity index (χ0v) is 10.1. The number of imide groups is 2. The third kappa shape index (κ3) is 1.37. The van der Waals surface area contributed by atoms with Gasteiger partial charge in [0.2, 0.25) is 0 Å². The Morgan fingerprint density at radius 1 is 0.944 bits per heavy atom. The number of carbonyl (C=O) groups excluding carboxylic acids is 4. The first-order valence-corrected chi connectivity index (χ1v) is 5.18. The van der Waals surface area contributed by atoms with E-state index in [0.717, 1.165) is 15.9 Å². The molecule has 18 heavy (non-hydrogen) atoms. The number of nitrogens with one attached hydrogen (secondary N) is 1. The van der Waals surface area contributed by atoms with Crippen LogP contribution in [0.15, 0.2) is 22.9 Å². The number of amides is 4. The predicted molar refractivity (Wildman–Crippen MR) is 59.7 cm³/mol. The Kier molecular flexibility index (Phi) is 2.54. The van der Waals surface area contributed by atoms with Crippen LogP contribution in [-0.4, -0.2) is 54.6 Å². The largest absolute Gasteiger partial charge is 0.383 e. The molecule has 0 fully saturated rings. The van der Waals surface area contributed by atoms with Gasteiger partial charge in [-0.1, -0.05) is 0 Å². The maximum Gasteiger partial charge on any atom is 0.277 e. The van der Waals surface area contributed by atoms with Crippen LogP contribution < -0.4 is 5.32 Å². The van der Waals surface area contributed by atoms with E-state index in [1.54, 1.807) is 0 Å². The van der Waals surface area contributed by atoms with E-state index >= 15 is 0 Å². The number of carbonyl (C=O) groups is 4. The molecule has 0 bridgehead atoms. The molecule has 0 atom stereocenters. The van der Waals surface area contributed by atoms with Crippen molar-refractivity contribution < 1.29 is 19.2 Å². The summed E-state index contributed by atoms with van der Waals surface area (Å²) in [4.78, 5) is 48.7. The number of rotatable bonds is 2. The van der Waals surface area contributed by atoms with Crippen molar-refractivity contribution in [2.24, 2.45) is 0 Å². The van der Waals surface area contributed by atoms with Crippen molar-refractivity contribution in [3.63, 3.8) is 0 Å². The molecule has 0 saturated heterocycles. The summed E-state index contributed by atoms with van der Waals surface area (Å²) in [5.41, 5.74) is -0.0625. The number of hydrogen-bond donors (Lipinski definition) is 1. The molecule has 0 aromatic rings. The summed E-state index contributed by atoms with van der Waals surface area (Å²) in [6.45, 7) is 0. The Morgan fingerprint density at radius 3 is 2.00 bits per heavy atom. The molecular weight excluding hydrogens is 238 g/mol. The lowest BCUT2D eigenvalue weighted by atomic mass is 10.1. The summed E-state index contributed by atoms with van der Waals surface area (Å²) in [6.07, 6.45) is 1.07. The second kappa shape index (κ2) is 3.80. The van der Waals surface area contributed by atoms with Crippen molar-refractivity contribution in [2.45, 2.75) is 0 Å². The smallest absolute Gasteiger partial charge is 0.277 e. The van der Waals surface area contributed by atoms with E-state index in [9.17, 15) is 19.2 Å². The summed E-state index contributed by atoms with van der Waals surface area (Å²) >= 11 is 0. The minimum Gasteiger partial charge on any atom is -0.383 e. The molecule has 0 radical (unpaired) electrons. The fraction of sp³-hybridized carbons (Fsp3) is 0.273. The Labute approximate surface area is 103 Å². The van der Waals surface area contributed by atoms with Crippen LogP contribution in [0.3, 0.4) is 0 Å². The number of likely N-dealkylation sites (N-methyl/N-ethyl adjacent to an activating group) is 3. The highest BCUT2D eigenvalue weighted by molar-refractivity contribution is 6.29. The molecule has 0 saturated carbocycles. The van der Waals surface area contributed by atoms with Gasteiger partial charge in [0.25, 0.3) is 23.6 Å². The van der Waals surface area contributed by atoms with Gasteiger partial charge in [-0.3, -0.25) is 29.0 Å². The van der Waals surface area contributed by atoms with Gasteiger partial charge < -0.3 is 5.32 Å². The van der Waals surface area contributed by atoms with Crippen molar-refractivity contribution in [1.29, 1.82) is 0 Å². The van der Waals surface area contributed by atoms with E-state index in [4.69, 9.17) is 0 Å². The highest BCUT2D eigenvalue weighted by atomic mass is 16.2. The van der Waals surface area contributed by atoms with Gasteiger partial charge in [-0.05, 0) is 0 Å². The van der Waals surface area contributed by atoms with Gasteiger partial charge in [0.15, 0.2) is 0 Å². The van der Waals surface area contributed by atoms with Crippen LogP contribution in [0.4, 0.5) is 0 Å². The van der Waals surface area contributed by atoms with Crippen LogP contribution in [0, 0.1) is 0 Å². The Hall–Kier alpha value is -2.44. The highest BCUT2D eigenvalue weighted by Gasteiger charge is 2.42. The van der Waals surface area contributed by atoms with Gasteiger partial charge in [-0.25, -0.2) is 0 Å². The second-order valence-electron chi connectivity index (χ2n) is 3.93. The molecule has 0 spiro atoms. The summed E-state index contributed by atoms with van der Waals surface area (Å²) in [5.74, 6) is -2.20. The third-order valence-corrected chi connectivity index (χ3v) is 2.94. The lowest BCUT2D eigenvalue weighted by Gasteiger charge is -2.08. The monoisotopic (exact) mass is 249 g/mol. The number of hydrogen-bond acceptors (Lipinski definition) is 5. The zero-order valence-electron chi connectivity index (χ0n) is 10.1. The first-order chi connectivity index (χ1) is 8.40. The quantitative estimate of drug-likeness (QED) is 0.595. The lowest BCUT2D eigenvalue weighted by molar-refractivity contribution is -0.138. The Balaban J connectivity index is 2.57. The molecule has 0 unspecified atom stereocenters. The first-order valence-electron chi connectivity index (χ1n) is 5.18. The lowest BCUT2D eigenvalue weighted by Crippen LogP contribution is -2.29. The minimum absolute atomic E-state index is 0.0326. The topological polar surface area (TPSA) is 86.8 Å². The SMILES string of the molecule is CNC1=C(C2=CC(=O)N(C)C2=O)C(=O)N(C)C1=O. The van der Waals surface area contributed by atoms with Crippen LogP contribution >= 0.6 is 0 Å². The third-order valence-electron chi connectivity index (χ3n) is 2.94. The number of nitrogens with zero attached hydrogens (tertiary/aromatic N) is 2. The average molecular weight is 249 g/mol. The average Bonchev–Trinajstić information content (AvgIpc) is 2.72. The molecule has 2 rings (SSSR count). The zero-order chi connectivity index (χ0) is 13.6. The fourth-order valence-corrected chi connectivity index (χ4v) is 1.87.